The van der Waals surface area contributed by atoms with Gasteiger partial charge in [-0.05, 0) is 44.3 Å². The Morgan fingerprint density at radius 3 is 2.65 bits per heavy atom. The van der Waals surface area contributed by atoms with Crippen LogP contribution in [0.3, 0.4) is 0 Å². The predicted octanol–water partition coefficient (Wildman–Crippen LogP) is 3.92. The Bertz CT molecular complexity index is 297. The van der Waals surface area contributed by atoms with Crippen LogP contribution in [-0.2, 0) is 6.42 Å². The highest BCUT2D eigenvalue weighted by Gasteiger charge is 2.21. The third-order valence-electron chi connectivity index (χ3n) is 3.57. The van der Waals surface area contributed by atoms with Gasteiger partial charge in [0, 0.05) is 6.04 Å². The van der Waals surface area contributed by atoms with E-state index in [0.717, 1.165) is 6.04 Å². The molecule has 1 aromatic rings. The molecule has 0 spiro atoms. The van der Waals surface area contributed by atoms with Crippen molar-refractivity contribution in [2.45, 2.75) is 45.1 Å². The Hall–Kier alpha value is -0.530. The zero-order valence-corrected chi connectivity index (χ0v) is 11.6. The van der Waals surface area contributed by atoms with Crippen LogP contribution in [0.1, 0.15) is 38.2 Å². The standard InChI is InChI=1S/C15H23N.ClH/c1-2-11-16-12-7-6-10-15(16)13-14-8-4-3-5-9-14;/h3-5,8-9,15H,2,6-7,10-13H2,1H3;1H. The Kier molecular flexibility index (Phi) is 6.61. The average Bonchev–Trinajstić information content (AvgIpc) is 2.33. The minimum Gasteiger partial charge on any atom is -0.300 e. The number of hydrogen-bond acceptors (Lipinski definition) is 1. The van der Waals surface area contributed by atoms with Gasteiger partial charge in [-0.1, -0.05) is 43.7 Å². The Labute approximate surface area is 112 Å². The topological polar surface area (TPSA) is 3.24 Å². The van der Waals surface area contributed by atoms with E-state index >= 15 is 0 Å². The molecule has 1 saturated heterocycles. The van der Waals surface area contributed by atoms with Crippen molar-refractivity contribution in [3.63, 3.8) is 0 Å². The lowest BCUT2D eigenvalue weighted by Gasteiger charge is -2.35. The van der Waals surface area contributed by atoms with Crippen LogP contribution in [0.5, 0.6) is 0 Å². The SMILES string of the molecule is CCCN1CCCCC1Cc1ccccc1.Cl. The smallest absolute Gasteiger partial charge is 0.0136 e. The summed E-state index contributed by atoms with van der Waals surface area (Å²) >= 11 is 0. The van der Waals surface area contributed by atoms with E-state index in [0.29, 0.717) is 0 Å². The zero-order valence-electron chi connectivity index (χ0n) is 10.8. The molecule has 1 fully saturated rings. The van der Waals surface area contributed by atoms with Crippen LogP contribution in [-0.4, -0.2) is 24.0 Å². The van der Waals surface area contributed by atoms with Crippen molar-refractivity contribution < 1.29 is 0 Å². The highest BCUT2D eigenvalue weighted by atomic mass is 35.5. The van der Waals surface area contributed by atoms with Gasteiger partial charge in [-0.3, -0.25) is 0 Å². The molecule has 2 rings (SSSR count). The predicted molar refractivity (Wildman–Crippen MR) is 76.9 cm³/mol. The molecule has 1 aliphatic heterocycles. The van der Waals surface area contributed by atoms with Crippen molar-refractivity contribution in [3.8, 4) is 0 Å². The van der Waals surface area contributed by atoms with E-state index < -0.39 is 0 Å². The molecule has 0 N–H and O–H groups in total. The molecule has 0 amide bonds. The third-order valence-corrected chi connectivity index (χ3v) is 3.57. The monoisotopic (exact) mass is 253 g/mol. The van der Waals surface area contributed by atoms with E-state index in [1.165, 1.54) is 50.8 Å². The number of nitrogens with zero attached hydrogens (tertiary/aromatic N) is 1. The molecule has 0 aromatic heterocycles. The number of halogens is 1. The first-order valence-corrected chi connectivity index (χ1v) is 6.68. The molecular weight excluding hydrogens is 230 g/mol. The van der Waals surface area contributed by atoms with E-state index in [2.05, 4.69) is 42.2 Å². The lowest BCUT2D eigenvalue weighted by molar-refractivity contribution is 0.147. The van der Waals surface area contributed by atoms with Crippen molar-refractivity contribution in [3.05, 3.63) is 35.9 Å². The lowest BCUT2D eigenvalue weighted by atomic mass is 9.95. The van der Waals surface area contributed by atoms with Gasteiger partial charge in [0.1, 0.15) is 0 Å². The molecule has 1 nitrogen and oxygen atoms in total. The molecule has 1 aromatic carbocycles. The number of piperidine rings is 1. The van der Waals surface area contributed by atoms with Crippen molar-refractivity contribution in [1.29, 1.82) is 0 Å². The lowest BCUT2D eigenvalue weighted by Crippen LogP contribution is -2.41. The van der Waals surface area contributed by atoms with E-state index in [1.54, 1.807) is 0 Å². The zero-order chi connectivity index (χ0) is 11.2. The van der Waals surface area contributed by atoms with Gasteiger partial charge in [0.15, 0.2) is 0 Å². The van der Waals surface area contributed by atoms with Crippen molar-refractivity contribution in [1.82, 2.24) is 4.90 Å². The van der Waals surface area contributed by atoms with Gasteiger partial charge in [0.25, 0.3) is 0 Å². The summed E-state index contributed by atoms with van der Waals surface area (Å²) in [6.45, 7) is 4.87. The molecule has 96 valence electrons. The largest absolute Gasteiger partial charge is 0.300 e. The van der Waals surface area contributed by atoms with Crippen molar-refractivity contribution >= 4 is 12.4 Å². The number of benzene rings is 1. The van der Waals surface area contributed by atoms with E-state index in [1.807, 2.05) is 0 Å². The summed E-state index contributed by atoms with van der Waals surface area (Å²) in [5.74, 6) is 0. The van der Waals surface area contributed by atoms with E-state index in [9.17, 15) is 0 Å². The summed E-state index contributed by atoms with van der Waals surface area (Å²) in [5.41, 5.74) is 1.50. The van der Waals surface area contributed by atoms with Crippen LogP contribution in [0, 0.1) is 0 Å². The minimum absolute atomic E-state index is 0. The third kappa shape index (κ3) is 4.33. The van der Waals surface area contributed by atoms with E-state index in [4.69, 9.17) is 0 Å². The highest BCUT2D eigenvalue weighted by molar-refractivity contribution is 5.85. The molecule has 1 aliphatic rings. The average molecular weight is 254 g/mol. The molecule has 0 radical (unpaired) electrons. The fourth-order valence-electron chi connectivity index (χ4n) is 2.76. The van der Waals surface area contributed by atoms with Crippen molar-refractivity contribution in [2.24, 2.45) is 0 Å². The number of likely N-dealkylation sites (tertiary alicyclic amines) is 1. The maximum absolute atomic E-state index is 2.69. The quantitative estimate of drug-likeness (QED) is 0.786. The van der Waals surface area contributed by atoms with Gasteiger partial charge in [0.2, 0.25) is 0 Å². The van der Waals surface area contributed by atoms with Crippen LogP contribution >= 0.6 is 12.4 Å². The molecule has 0 aliphatic carbocycles. The maximum Gasteiger partial charge on any atom is 0.0136 e. The molecule has 0 saturated carbocycles. The van der Waals surface area contributed by atoms with E-state index in [-0.39, 0.29) is 12.4 Å². The maximum atomic E-state index is 2.69. The number of hydrogen-bond donors (Lipinski definition) is 0. The van der Waals surface area contributed by atoms with Crippen LogP contribution in [0.25, 0.3) is 0 Å². The molecule has 0 bridgehead atoms. The normalized spacial score (nSPS) is 20.9. The van der Waals surface area contributed by atoms with Gasteiger partial charge in [-0.2, -0.15) is 0 Å². The summed E-state index contributed by atoms with van der Waals surface area (Å²) in [7, 11) is 0. The first-order valence-electron chi connectivity index (χ1n) is 6.68. The fraction of sp³-hybridized carbons (Fsp3) is 0.600. The van der Waals surface area contributed by atoms with Crippen LogP contribution in [0.2, 0.25) is 0 Å². The molecular formula is C15H24ClN. The second-order valence-corrected chi connectivity index (χ2v) is 4.88. The highest BCUT2D eigenvalue weighted by Crippen LogP contribution is 2.20. The molecule has 17 heavy (non-hydrogen) atoms. The molecule has 1 unspecified atom stereocenters. The molecule has 2 heteroatoms. The summed E-state index contributed by atoms with van der Waals surface area (Å²) in [4.78, 5) is 2.69. The van der Waals surface area contributed by atoms with Crippen LogP contribution < -0.4 is 0 Å². The van der Waals surface area contributed by atoms with Crippen LogP contribution in [0.15, 0.2) is 30.3 Å². The number of rotatable bonds is 4. The second kappa shape index (κ2) is 7.73. The summed E-state index contributed by atoms with van der Waals surface area (Å²) in [6, 6.07) is 11.7. The first kappa shape index (κ1) is 14.5. The van der Waals surface area contributed by atoms with Gasteiger partial charge in [0.05, 0.1) is 0 Å². The van der Waals surface area contributed by atoms with Gasteiger partial charge in [-0.15, -0.1) is 12.4 Å². The van der Waals surface area contributed by atoms with Gasteiger partial charge >= 0.3 is 0 Å². The van der Waals surface area contributed by atoms with Gasteiger partial charge in [-0.25, -0.2) is 0 Å². The van der Waals surface area contributed by atoms with Crippen molar-refractivity contribution in [2.75, 3.05) is 13.1 Å². The summed E-state index contributed by atoms with van der Waals surface area (Å²) in [6.07, 6.45) is 6.71. The fourth-order valence-corrected chi connectivity index (χ4v) is 2.76. The van der Waals surface area contributed by atoms with Gasteiger partial charge < -0.3 is 4.90 Å². The second-order valence-electron chi connectivity index (χ2n) is 4.88. The first-order chi connectivity index (χ1) is 7.90. The van der Waals surface area contributed by atoms with Crippen LogP contribution in [0.4, 0.5) is 0 Å². The summed E-state index contributed by atoms with van der Waals surface area (Å²) < 4.78 is 0. The Morgan fingerprint density at radius 1 is 1.18 bits per heavy atom. The molecule has 1 atom stereocenters. The minimum atomic E-state index is 0. The molecule has 1 heterocycles. The summed E-state index contributed by atoms with van der Waals surface area (Å²) in [5, 5.41) is 0. The Balaban J connectivity index is 0.00000144. The Morgan fingerprint density at radius 2 is 1.94 bits per heavy atom.